The number of hydrogen-bond acceptors (Lipinski definition) is 6. The summed E-state index contributed by atoms with van der Waals surface area (Å²) in [4.78, 5) is 28.2. The van der Waals surface area contributed by atoms with E-state index < -0.39 is 5.41 Å². The highest BCUT2D eigenvalue weighted by atomic mass is 16.5. The summed E-state index contributed by atoms with van der Waals surface area (Å²) in [6.07, 6.45) is 0.796. The number of anilines is 2. The Labute approximate surface area is 207 Å². The van der Waals surface area contributed by atoms with Crippen LogP contribution in [-0.4, -0.2) is 44.8 Å². The van der Waals surface area contributed by atoms with E-state index in [9.17, 15) is 9.59 Å². The summed E-state index contributed by atoms with van der Waals surface area (Å²) in [7, 11) is 0. The highest BCUT2D eigenvalue weighted by Gasteiger charge is 2.37. The maximum absolute atomic E-state index is 13.2. The topological polar surface area (TPSA) is 86.3 Å². The lowest BCUT2D eigenvalue weighted by Crippen LogP contribution is -2.42. The molecule has 190 valence electrons. The number of benzene rings is 2. The molecule has 0 aromatic heterocycles. The maximum Gasteiger partial charge on any atom is 0.255 e. The van der Waals surface area contributed by atoms with Crippen LogP contribution in [0.15, 0.2) is 30.3 Å². The molecule has 2 amide bonds. The van der Waals surface area contributed by atoms with E-state index in [2.05, 4.69) is 5.32 Å². The Balaban J connectivity index is 1.95. The minimum absolute atomic E-state index is 0.00389. The monoisotopic (exact) mass is 484 g/mol. The second kappa shape index (κ2) is 11.3. The highest BCUT2D eigenvalue weighted by molar-refractivity contribution is 6.06. The van der Waals surface area contributed by atoms with Crippen LogP contribution >= 0.6 is 0 Å². The van der Waals surface area contributed by atoms with Gasteiger partial charge in [0.25, 0.3) is 5.91 Å². The number of fused-ring (bicyclic) bond motifs is 1. The van der Waals surface area contributed by atoms with Crippen molar-refractivity contribution in [2.24, 2.45) is 5.41 Å². The van der Waals surface area contributed by atoms with E-state index in [0.717, 1.165) is 6.42 Å². The van der Waals surface area contributed by atoms with Gasteiger partial charge in [0.1, 0.15) is 12.4 Å². The van der Waals surface area contributed by atoms with Crippen molar-refractivity contribution in [1.29, 1.82) is 0 Å². The fourth-order valence-corrected chi connectivity index (χ4v) is 3.89. The molecule has 2 aromatic rings. The second-order valence-corrected chi connectivity index (χ2v) is 8.87. The van der Waals surface area contributed by atoms with Crippen LogP contribution in [0.25, 0.3) is 0 Å². The lowest BCUT2D eigenvalue weighted by molar-refractivity contribution is -0.127. The van der Waals surface area contributed by atoms with Gasteiger partial charge in [-0.3, -0.25) is 9.59 Å². The molecule has 1 aliphatic heterocycles. The molecule has 0 bridgehead atoms. The quantitative estimate of drug-likeness (QED) is 0.493. The van der Waals surface area contributed by atoms with E-state index in [-0.39, 0.29) is 18.4 Å². The van der Waals surface area contributed by atoms with Crippen LogP contribution in [0, 0.1) is 5.41 Å². The van der Waals surface area contributed by atoms with Crippen LogP contribution in [0.1, 0.15) is 58.3 Å². The summed E-state index contributed by atoms with van der Waals surface area (Å²) in [5, 5.41) is 2.93. The Hall–Kier alpha value is -3.42. The zero-order valence-corrected chi connectivity index (χ0v) is 21.5. The number of carbonyl (C=O) groups excluding carboxylic acids is 2. The van der Waals surface area contributed by atoms with Crippen LogP contribution < -0.4 is 29.2 Å². The van der Waals surface area contributed by atoms with Gasteiger partial charge in [-0.1, -0.05) is 6.92 Å². The smallest absolute Gasteiger partial charge is 0.255 e. The third-order valence-electron chi connectivity index (χ3n) is 5.54. The number of carbonyl (C=O) groups is 2. The van der Waals surface area contributed by atoms with Crippen LogP contribution in [0.4, 0.5) is 11.4 Å². The molecule has 0 radical (unpaired) electrons. The van der Waals surface area contributed by atoms with Gasteiger partial charge in [-0.2, -0.15) is 0 Å². The normalized spacial score (nSPS) is 14.5. The zero-order valence-electron chi connectivity index (χ0n) is 21.5. The number of hydrogen-bond donors (Lipinski definition) is 1. The second-order valence-electron chi connectivity index (χ2n) is 8.87. The van der Waals surface area contributed by atoms with Crippen molar-refractivity contribution < 1.29 is 28.5 Å². The van der Waals surface area contributed by atoms with E-state index in [0.29, 0.717) is 66.3 Å². The van der Waals surface area contributed by atoms with Crippen molar-refractivity contribution >= 4 is 23.2 Å². The molecule has 8 nitrogen and oxygen atoms in total. The van der Waals surface area contributed by atoms with Crippen molar-refractivity contribution in [3.8, 4) is 23.0 Å². The minimum atomic E-state index is -0.648. The molecule has 1 N–H and O–H groups in total. The Morgan fingerprint density at radius 3 is 2.20 bits per heavy atom. The first-order valence-electron chi connectivity index (χ1n) is 12.2. The molecule has 2 aromatic carbocycles. The molecule has 0 saturated carbocycles. The van der Waals surface area contributed by atoms with E-state index in [1.165, 1.54) is 0 Å². The number of nitrogens with zero attached hydrogens (tertiary/aromatic N) is 1. The standard InChI is InChI=1S/C27H36N2O6/c1-7-13-29-20-16-19(11-12-21(20)35-17-27(5,6)26(29)31)28-25(30)18-14-22(32-8-2)24(34-10-4)23(15-18)33-9-3/h11-12,14-16H,7-10,13,17H2,1-6H3,(H,28,30). The van der Waals surface area contributed by atoms with Gasteiger partial charge in [0.15, 0.2) is 11.5 Å². The van der Waals surface area contributed by atoms with Gasteiger partial charge in [-0.05, 0) is 71.4 Å². The first-order chi connectivity index (χ1) is 16.7. The molecule has 0 fully saturated rings. The SMILES string of the molecule is CCCN1C(=O)C(C)(C)COc2ccc(NC(=O)c3cc(OCC)c(OCC)c(OCC)c3)cc21. The van der Waals surface area contributed by atoms with E-state index in [1.54, 1.807) is 35.2 Å². The summed E-state index contributed by atoms with van der Waals surface area (Å²) in [5.41, 5.74) is 0.924. The van der Waals surface area contributed by atoms with Gasteiger partial charge >= 0.3 is 0 Å². The Morgan fingerprint density at radius 1 is 1.00 bits per heavy atom. The third-order valence-corrected chi connectivity index (χ3v) is 5.54. The first-order valence-corrected chi connectivity index (χ1v) is 12.2. The van der Waals surface area contributed by atoms with Gasteiger partial charge in [0, 0.05) is 17.8 Å². The zero-order chi connectivity index (χ0) is 25.6. The number of ether oxygens (including phenoxy) is 4. The Kier molecular flexibility index (Phi) is 8.48. The van der Waals surface area contributed by atoms with Crippen molar-refractivity contribution in [1.82, 2.24) is 0 Å². The number of amides is 2. The van der Waals surface area contributed by atoms with E-state index in [4.69, 9.17) is 18.9 Å². The molecule has 1 aliphatic rings. The van der Waals surface area contributed by atoms with Crippen molar-refractivity contribution in [2.45, 2.75) is 48.0 Å². The predicted molar refractivity (Wildman–Crippen MR) is 136 cm³/mol. The summed E-state index contributed by atoms with van der Waals surface area (Å²) >= 11 is 0. The predicted octanol–water partition coefficient (Wildman–Crippen LogP) is 5.30. The van der Waals surface area contributed by atoms with Gasteiger partial charge in [-0.25, -0.2) is 0 Å². The van der Waals surface area contributed by atoms with Crippen molar-refractivity contribution in [3.05, 3.63) is 35.9 Å². The molecular formula is C27H36N2O6. The Bertz CT molecular complexity index is 1040. The summed E-state index contributed by atoms with van der Waals surface area (Å²) in [5.74, 6) is 1.65. The fourth-order valence-electron chi connectivity index (χ4n) is 3.89. The summed E-state index contributed by atoms with van der Waals surface area (Å²) in [6, 6.07) is 8.63. The minimum Gasteiger partial charge on any atom is -0.490 e. The van der Waals surface area contributed by atoms with Gasteiger partial charge in [0.05, 0.1) is 30.9 Å². The average Bonchev–Trinajstić information content (AvgIpc) is 2.91. The van der Waals surface area contributed by atoms with Crippen LogP contribution in [-0.2, 0) is 4.79 Å². The van der Waals surface area contributed by atoms with Gasteiger partial charge in [-0.15, -0.1) is 0 Å². The number of nitrogens with one attached hydrogen (secondary N) is 1. The molecule has 0 atom stereocenters. The maximum atomic E-state index is 13.2. The molecule has 35 heavy (non-hydrogen) atoms. The average molecular weight is 485 g/mol. The van der Waals surface area contributed by atoms with Crippen molar-refractivity contribution in [2.75, 3.05) is 43.2 Å². The van der Waals surface area contributed by atoms with Gasteiger partial charge in [0.2, 0.25) is 11.7 Å². The molecule has 1 heterocycles. The lowest BCUT2D eigenvalue weighted by atomic mass is 9.93. The largest absolute Gasteiger partial charge is 0.490 e. The van der Waals surface area contributed by atoms with Crippen LogP contribution in [0.5, 0.6) is 23.0 Å². The molecule has 0 aliphatic carbocycles. The third kappa shape index (κ3) is 5.81. The van der Waals surface area contributed by atoms with E-state index in [1.807, 2.05) is 41.5 Å². The molecule has 8 heteroatoms. The van der Waals surface area contributed by atoms with Crippen LogP contribution in [0.3, 0.4) is 0 Å². The van der Waals surface area contributed by atoms with Gasteiger partial charge < -0.3 is 29.2 Å². The first kappa shape index (κ1) is 26.2. The molecule has 0 unspecified atom stereocenters. The highest BCUT2D eigenvalue weighted by Crippen LogP contribution is 2.40. The molecule has 3 rings (SSSR count). The lowest BCUT2D eigenvalue weighted by Gasteiger charge is -2.27. The van der Waals surface area contributed by atoms with E-state index >= 15 is 0 Å². The van der Waals surface area contributed by atoms with Crippen LogP contribution in [0.2, 0.25) is 0 Å². The van der Waals surface area contributed by atoms with Crippen molar-refractivity contribution in [3.63, 3.8) is 0 Å². The molecule has 0 saturated heterocycles. The molecule has 0 spiro atoms. The summed E-state index contributed by atoms with van der Waals surface area (Å²) in [6.45, 7) is 13.5. The fraction of sp³-hybridized carbons (Fsp3) is 0.481. The Morgan fingerprint density at radius 2 is 1.63 bits per heavy atom. The molecular weight excluding hydrogens is 448 g/mol. The number of rotatable bonds is 10. The summed E-state index contributed by atoms with van der Waals surface area (Å²) < 4.78 is 23.1.